The van der Waals surface area contributed by atoms with Crippen LogP contribution < -0.4 is 9.64 Å². The van der Waals surface area contributed by atoms with Gasteiger partial charge in [-0.1, -0.05) is 0 Å². The van der Waals surface area contributed by atoms with Gasteiger partial charge in [0.25, 0.3) is 0 Å². The lowest BCUT2D eigenvalue weighted by Crippen LogP contribution is -2.40. The maximum Gasteiger partial charge on any atom is 0.137 e. The second-order valence-corrected chi connectivity index (χ2v) is 9.24. The van der Waals surface area contributed by atoms with Gasteiger partial charge in [-0.2, -0.15) is 10.4 Å². The molecule has 3 aromatic rings. The molecule has 0 aromatic carbocycles. The third-order valence-electron chi connectivity index (χ3n) is 5.02. The number of hydrogen-bond donors (Lipinski definition) is 0. The summed E-state index contributed by atoms with van der Waals surface area (Å²) in [5.41, 5.74) is 2.92. The summed E-state index contributed by atoms with van der Waals surface area (Å²) in [6.45, 7) is 1.35. The molecule has 4 rings (SSSR count). The van der Waals surface area contributed by atoms with Gasteiger partial charge in [0.15, 0.2) is 0 Å². The number of pyridine rings is 2. The Labute approximate surface area is 163 Å². The van der Waals surface area contributed by atoms with Gasteiger partial charge in [-0.25, -0.2) is 18.1 Å². The molecule has 0 N–H and O–H groups in total. The van der Waals surface area contributed by atoms with Crippen LogP contribution in [0.2, 0.25) is 0 Å². The topological polar surface area (TPSA) is 95.9 Å². The fourth-order valence-electron chi connectivity index (χ4n) is 3.37. The summed E-state index contributed by atoms with van der Waals surface area (Å²) in [5.74, 6) is 2.61. The van der Waals surface area contributed by atoms with Gasteiger partial charge in [-0.15, -0.1) is 0 Å². The lowest BCUT2D eigenvalue weighted by Gasteiger charge is -2.29. The lowest BCUT2D eigenvalue weighted by atomic mass is 10.1. The molecule has 0 bridgehead atoms. The minimum Gasteiger partial charge on any atom is -0.495 e. The Hall–Kier alpha value is -3.12. The van der Waals surface area contributed by atoms with Crippen molar-refractivity contribution >= 4 is 21.1 Å². The van der Waals surface area contributed by atoms with E-state index in [1.807, 2.05) is 18.2 Å². The van der Waals surface area contributed by atoms with Crippen LogP contribution in [0.1, 0.15) is 5.56 Å². The number of aromatic nitrogens is 3. The van der Waals surface area contributed by atoms with Gasteiger partial charge in [-0.3, -0.25) is 0 Å². The first kappa shape index (κ1) is 18.3. The third kappa shape index (κ3) is 3.16. The average Bonchev–Trinajstić information content (AvgIpc) is 3.17. The maximum absolute atomic E-state index is 12.3. The zero-order valence-corrected chi connectivity index (χ0v) is 16.5. The summed E-state index contributed by atoms with van der Waals surface area (Å²) in [5, 5.41) is 13.7. The highest BCUT2D eigenvalue weighted by atomic mass is 32.2. The second kappa shape index (κ2) is 7.13. The van der Waals surface area contributed by atoms with Crippen molar-refractivity contribution in [2.24, 2.45) is 4.36 Å². The van der Waals surface area contributed by atoms with Crippen LogP contribution in [-0.4, -0.2) is 57.6 Å². The SMILES string of the molecule is CN=S1(=O)CCN(c2ccc(-c3cc(OC)cn4ncc(C#N)c34)cn2)CC1. The highest BCUT2D eigenvalue weighted by Crippen LogP contribution is 2.31. The van der Waals surface area contributed by atoms with E-state index in [0.29, 0.717) is 35.9 Å². The molecule has 28 heavy (non-hydrogen) atoms. The van der Waals surface area contributed by atoms with E-state index in [0.717, 1.165) is 22.5 Å². The molecule has 0 unspecified atom stereocenters. The van der Waals surface area contributed by atoms with Crippen molar-refractivity contribution in [3.63, 3.8) is 0 Å². The molecule has 8 nitrogen and oxygen atoms in total. The summed E-state index contributed by atoms with van der Waals surface area (Å²) in [6, 6.07) is 7.99. The molecule has 4 heterocycles. The molecule has 0 radical (unpaired) electrons. The summed E-state index contributed by atoms with van der Waals surface area (Å²) in [7, 11) is 1.17. The molecule has 1 aliphatic heterocycles. The fraction of sp³-hybridized carbons (Fsp3) is 0.316. The van der Waals surface area contributed by atoms with E-state index in [-0.39, 0.29) is 0 Å². The molecule has 0 aliphatic carbocycles. The summed E-state index contributed by atoms with van der Waals surface area (Å²) in [4.78, 5) is 6.73. The van der Waals surface area contributed by atoms with Crippen LogP contribution in [0, 0.1) is 11.3 Å². The van der Waals surface area contributed by atoms with Crippen LogP contribution in [0.15, 0.2) is 41.2 Å². The van der Waals surface area contributed by atoms with E-state index in [9.17, 15) is 9.47 Å². The lowest BCUT2D eigenvalue weighted by molar-refractivity contribution is 0.412. The molecule has 1 fully saturated rings. The number of ether oxygens (including phenoxy) is 1. The quantitative estimate of drug-likeness (QED) is 0.673. The van der Waals surface area contributed by atoms with E-state index in [1.165, 1.54) is 0 Å². The normalized spacial score (nSPS) is 16.0. The monoisotopic (exact) mass is 396 g/mol. The first-order valence-electron chi connectivity index (χ1n) is 8.84. The van der Waals surface area contributed by atoms with Crippen molar-refractivity contribution < 1.29 is 8.95 Å². The number of fused-ring (bicyclic) bond motifs is 1. The number of hydrogen-bond acceptors (Lipinski definition) is 7. The van der Waals surface area contributed by atoms with Crippen molar-refractivity contribution in [2.45, 2.75) is 0 Å². The van der Waals surface area contributed by atoms with Crippen LogP contribution in [0.4, 0.5) is 5.82 Å². The van der Waals surface area contributed by atoms with E-state index in [1.54, 1.807) is 37.3 Å². The maximum atomic E-state index is 12.3. The first-order valence-corrected chi connectivity index (χ1v) is 10.7. The molecule has 0 atom stereocenters. The van der Waals surface area contributed by atoms with Crippen molar-refractivity contribution in [2.75, 3.05) is 43.7 Å². The summed E-state index contributed by atoms with van der Waals surface area (Å²) in [6.07, 6.45) is 5.07. The zero-order valence-electron chi connectivity index (χ0n) is 15.7. The van der Waals surface area contributed by atoms with Gasteiger partial charge in [0.2, 0.25) is 0 Å². The van der Waals surface area contributed by atoms with Crippen LogP contribution in [-0.2, 0) is 9.73 Å². The summed E-state index contributed by atoms with van der Waals surface area (Å²) < 4.78 is 23.4. The average molecular weight is 396 g/mol. The number of methoxy groups -OCH3 is 1. The molecular formula is C19H20N6O2S. The number of nitriles is 1. The minimum atomic E-state index is -2.05. The molecule has 1 aliphatic rings. The molecular weight excluding hydrogens is 376 g/mol. The Morgan fingerprint density at radius 1 is 1.29 bits per heavy atom. The molecule has 0 saturated carbocycles. The van der Waals surface area contributed by atoms with Crippen molar-refractivity contribution in [1.29, 1.82) is 5.26 Å². The largest absolute Gasteiger partial charge is 0.495 e. The summed E-state index contributed by atoms with van der Waals surface area (Å²) >= 11 is 0. The number of rotatable bonds is 3. The Kier molecular flexibility index (Phi) is 4.65. The van der Waals surface area contributed by atoms with Gasteiger partial charge < -0.3 is 9.64 Å². The predicted octanol–water partition coefficient (Wildman–Crippen LogP) is 2.19. The van der Waals surface area contributed by atoms with Gasteiger partial charge in [0.05, 0.1) is 30.6 Å². The van der Waals surface area contributed by atoms with E-state index in [4.69, 9.17) is 4.74 Å². The molecule has 144 valence electrons. The standard InChI is InChI=1S/C19H20N6O2S/c1-21-28(26)7-5-24(6-8-28)18-4-3-14(11-22-18)17-9-16(27-2)13-25-19(17)15(10-20)12-23-25/h3-4,9,11-13H,5-8H2,1-2H3. The molecule has 1 saturated heterocycles. The Balaban J connectivity index is 1.69. The zero-order chi connectivity index (χ0) is 19.7. The van der Waals surface area contributed by atoms with E-state index >= 15 is 0 Å². The second-order valence-electron chi connectivity index (χ2n) is 6.51. The predicted molar refractivity (Wildman–Crippen MR) is 108 cm³/mol. The van der Waals surface area contributed by atoms with Crippen molar-refractivity contribution in [3.05, 3.63) is 42.4 Å². The van der Waals surface area contributed by atoms with Crippen LogP contribution in [0.5, 0.6) is 5.75 Å². The first-order chi connectivity index (χ1) is 13.6. The van der Waals surface area contributed by atoms with Crippen LogP contribution in [0.3, 0.4) is 0 Å². The van der Waals surface area contributed by atoms with Crippen LogP contribution >= 0.6 is 0 Å². The van der Waals surface area contributed by atoms with Crippen molar-refractivity contribution in [3.8, 4) is 22.9 Å². The van der Waals surface area contributed by atoms with Crippen molar-refractivity contribution in [1.82, 2.24) is 14.6 Å². The fourth-order valence-corrected chi connectivity index (χ4v) is 4.95. The molecule has 0 spiro atoms. The Morgan fingerprint density at radius 3 is 2.68 bits per heavy atom. The van der Waals surface area contributed by atoms with Crippen LogP contribution in [0.25, 0.3) is 16.6 Å². The molecule has 3 aromatic heterocycles. The van der Waals surface area contributed by atoms with Gasteiger partial charge in [0.1, 0.15) is 17.6 Å². The van der Waals surface area contributed by atoms with E-state index < -0.39 is 9.73 Å². The van der Waals surface area contributed by atoms with Gasteiger partial charge in [0, 0.05) is 58.7 Å². The van der Waals surface area contributed by atoms with Gasteiger partial charge >= 0.3 is 0 Å². The molecule has 0 amide bonds. The minimum absolute atomic E-state index is 0.496. The van der Waals surface area contributed by atoms with Gasteiger partial charge in [-0.05, 0) is 18.2 Å². The number of anilines is 1. The Morgan fingerprint density at radius 2 is 2.07 bits per heavy atom. The molecule has 9 heteroatoms. The number of nitrogens with zero attached hydrogens (tertiary/aromatic N) is 6. The highest BCUT2D eigenvalue weighted by Gasteiger charge is 2.21. The highest BCUT2D eigenvalue weighted by molar-refractivity contribution is 7.93. The smallest absolute Gasteiger partial charge is 0.137 e. The van der Waals surface area contributed by atoms with E-state index in [2.05, 4.69) is 25.4 Å². The Bertz CT molecular complexity index is 1170. The third-order valence-corrected chi connectivity index (χ3v) is 7.33.